The molecule has 1 saturated heterocycles. The fraction of sp³-hybridized carbons (Fsp3) is 0.889. The molecule has 1 aliphatic heterocycles. The van der Waals surface area contributed by atoms with Crippen LogP contribution in [0.1, 0.15) is 146 Å². The third-order valence-corrected chi connectivity index (χ3v) is 19.2. The second kappa shape index (κ2) is 14.9. The first-order chi connectivity index (χ1) is 24.8. The number of ketones is 1. The zero-order chi connectivity index (χ0) is 38.8. The maximum Gasteiger partial charge on any atom is 0.226 e. The number of carbonyl (C=O) groups is 3. The minimum atomic E-state index is -1.07. The summed E-state index contributed by atoms with van der Waals surface area (Å²) in [6.07, 6.45) is 16.7. The van der Waals surface area contributed by atoms with Crippen LogP contribution in [0.3, 0.4) is 0 Å². The van der Waals surface area contributed by atoms with E-state index in [9.17, 15) is 18.9 Å². The molecule has 53 heavy (non-hydrogen) atoms. The van der Waals surface area contributed by atoms with E-state index < -0.39 is 11.2 Å². The molecule has 3 N–H and O–H groups in total. The lowest BCUT2D eigenvalue weighted by Gasteiger charge is -2.71. The Morgan fingerprint density at radius 2 is 1.70 bits per heavy atom. The highest BCUT2D eigenvalue weighted by atomic mass is 32.2. The van der Waals surface area contributed by atoms with E-state index in [2.05, 4.69) is 78.6 Å². The Morgan fingerprint density at radius 1 is 0.981 bits per heavy atom. The van der Waals surface area contributed by atoms with Crippen molar-refractivity contribution in [3.8, 4) is 0 Å². The fourth-order valence-corrected chi connectivity index (χ4v) is 15.0. The number of rotatable bonds is 10. The number of allylic oxidation sites excluding steroid dienone is 2. The van der Waals surface area contributed by atoms with Gasteiger partial charge in [0.2, 0.25) is 5.91 Å². The molecule has 5 aliphatic carbocycles. The zero-order valence-corrected chi connectivity index (χ0v) is 35.8. The summed E-state index contributed by atoms with van der Waals surface area (Å²) in [5.41, 5.74) is 8.39. The van der Waals surface area contributed by atoms with Gasteiger partial charge in [0.15, 0.2) is 11.5 Å². The number of nitrogens with one attached hydrogen (secondary N) is 1. The maximum atomic E-state index is 14.6. The van der Waals surface area contributed by atoms with Gasteiger partial charge in [-0.15, -0.1) is 0 Å². The van der Waals surface area contributed by atoms with E-state index >= 15 is 0 Å². The van der Waals surface area contributed by atoms with Crippen molar-refractivity contribution in [1.82, 2.24) is 10.2 Å². The van der Waals surface area contributed by atoms with Crippen LogP contribution in [0.4, 0.5) is 0 Å². The Morgan fingerprint density at radius 3 is 2.40 bits per heavy atom. The monoisotopic (exact) mass is 754 g/mol. The molecule has 4 saturated carbocycles. The predicted octanol–water partition coefficient (Wildman–Crippen LogP) is 7.88. The van der Waals surface area contributed by atoms with Crippen molar-refractivity contribution < 1.29 is 18.9 Å². The molecule has 6 aliphatic rings. The number of fused-ring (bicyclic) bond motifs is 7. The molecular weight excluding hydrogens is 679 g/mol. The third kappa shape index (κ3) is 7.06. The van der Waals surface area contributed by atoms with E-state index in [-0.39, 0.29) is 67.3 Å². The van der Waals surface area contributed by atoms with E-state index in [1.54, 1.807) is 5.57 Å². The Kier molecular flexibility index (Phi) is 11.7. The first kappa shape index (κ1) is 41.4. The van der Waals surface area contributed by atoms with Crippen LogP contribution in [0.15, 0.2) is 11.6 Å². The lowest BCUT2D eigenvalue weighted by Crippen LogP contribution is -2.65. The van der Waals surface area contributed by atoms with Crippen LogP contribution in [-0.4, -0.2) is 70.7 Å². The molecule has 0 aromatic heterocycles. The van der Waals surface area contributed by atoms with Crippen molar-refractivity contribution in [2.75, 3.05) is 31.9 Å². The topological polar surface area (TPSA) is 116 Å². The van der Waals surface area contributed by atoms with Gasteiger partial charge in [-0.05, 0) is 138 Å². The van der Waals surface area contributed by atoms with Crippen LogP contribution in [0, 0.1) is 62.1 Å². The van der Waals surface area contributed by atoms with Crippen LogP contribution in [0.5, 0.6) is 0 Å². The van der Waals surface area contributed by atoms with Crippen molar-refractivity contribution in [1.29, 1.82) is 0 Å². The minimum absolute atomic E-state index is 0.0684. The summed E-state index contributed by atoms with van der Waals surface area (Å²) >= 11 is -1.07. The smallest absolute Gasteiger partial charge is 0.226 e. The average molecular weight is 754 g/mol. The summed E-state index contributed by atoms with van der Waals surface area (Å²) in [5.74, 6) is 3.08. The Labute approximate surface area is 325 Å². The second-order valence-corrected chi connectivity index (χ2v) is 23.1. The number of amides is 1. The summed E-state index contributed by atoms with van der Waals surface area (Å²) < 4.78 is 12.3. The van der Waals surface area contributed by atoms with Crippen molar-refractivity contribution in [3.05, 3.63) is 11.6 Å². The quantitative estimate of drug-likeness (QED) is 0.102. The highest BCUT2D eigenvalue weighted by Crippen LogP contribution is 2.76. The molecule has 7 nitrogen and oxygen atoms in total. The molecule has 0 spiro atoms. The van der Waals surface area contributed by atoms with Crippen molar-refractivity contribution in [3.63, 3.8) is 0 Å². The second-order valence-electron chi connectivity index (χ2n) is 21.4. The van der Waals surface area contributed by atoms with Gasteiger partial charge in [-0.1, -0.05) is 74.0 Å². The van der Waals surface area contributed by atoms with Crippen molar-refractivity contribution in [2.24, 2.45) is 67.8 Å². The van der Waals surface area contributed by atoms with Gasteiger partial charge in [0.05, 0.1) is 11.5 Å². The van der Waals surface area contributed by atoms with E-state index in [1.807, 2.05) is 0 Å². The van der Waals surface area contributed by atoms with Crippen molar-refractivity contribution in [2.45, 2.75) is 157 Å². The molecule has 1 amide bonds. The molecule has 1 heterocycles. The standard InChI is InChI=1S/C45H75N3O4S/c1-30(2)38(46)35(50)27-31-13-16-42(7)36(41(31,5)6)14-17-44(9)37(42)12-11-33-34-28-40(3,4)18-20-45(34,21-19-43(33,44)8)39(51)47-22-10-23-48-24-15-32(29-49)53(52)26-25-48/h11,29-32,34,36-38H,10,12-28,46H2,1-9H3,(H,47,51)/t31-,32?,34+,36+,37-,38+,42?,43-,44-,45+,53?/m1/s1. The van der Waals surface area contributed by atoms with Crippen LogP contribution in [-0.2, 0) is 25.6 Å². The van der Waals surface area contributed by atoms with Crippen LogP contribution >= 0.6 is 0 Å². The Bertz CT molecular complexity index is 1430. The molecule has 300 valence electrons. The van der Waals surface area contributed by atoms with Gasteiger partial charge in [0.1, 0.15) is 11.5 Å². The number of Topliss-reactive ketones (excluding diaryl/α,β-unsaturated/α-hetero) is 1. The van der Waals surface area contributed by atoms with Gasteiger partial charge >= 0.3 is 0 Å². The van der Waals surface area contributed by atoms with Crippen molar-refractivity contribution >= 4 is 29.2 Å². The number of carbonyl (C=O) groups excluding carboxylic acids is 3. The molecule has 0 aromatic rings. The lowest BCUT2D eigenvalue weighted by molar-refractivity contribution is -0.194. The SMILES string of the molecule is CC(C)[C@H](N)C(=O)C[C@H]1CCC2(C)[C@H]3CC=C4[C@@H]5CC(C)(C)CC[C@]5(C(=O)NCCCN5CCC(C=O)[S+]([O-])CC5)CC[C@@]4(C)[C@]3(C)CC[C@H]2C1(C)C. The zero-order valence-electron chi connectivity index (χ0n) is 35.0. The lowest BCUT2D eigenvalue weighted by atomic mass is 9.33. The largest absolute Gasteiger partial charge is 0.616 e. The van der Waals surface area contributed by atoms with Gasteiger partial charge < -0.3 is 15.6 Å². The van der Waals surface area contributed by atoms with Crippen LogP contribution < -0.4 is 11.1 Å². The molecule has 3 unspecified atom stereocenters. The van der Waals surface area contributed by atoms with Gasteiger partial charge in [-0.2, -0.15) is 0 Å². The maximum absolute atomic E-state index is 14.6. The first-order valence-corrected chi connectivity index (χ1v) is 23.0. The summed E-state index contributed by atoms with van der Waals surface area (Å²) in [6, 6.07) is -0.363. The third-order valence-electron chi connectivity index (χ3n) is 17.6. The molecule has 0 aromatic carbocycles. The van der Waals surface area contributed by atoms with E-state index in [0.29, 0.717) is 42.9 Å². The summed E-state index contributed by atoms with van der Waals surface area (Å²) in [4.78, 5) is 41.5. The molecular formula is C45H75N3O4S. The van der Waals surface area contributed by atoms with Crippen LogP contribution in [0.25, 0.3) is 0 Å². The number of nitrogens with two attached hydrogens (primary N) is 1. The number of nitrogens with zero attached hydrogens (tertiary/aromatic N) is 1. The number of hydrogen-bond donors (Lipinski definition) is 2. The van der Waals surface area contributed by atoms with Gasteiger partial charge in [-0.25, -0.2) is 0 Å². The molecule has 8 heteroatoms. The predicted molar refractivity (Wildman–Crippen MR) is 217 cm³/mol. The number of aldehydes is 1. The number of hydrogen-bond acceptors (Lipinski definition) is 6. The van der Waals surface area contributed by atoms with E-state index in [1.165, 1.54) is 19.3 Å². The Hall–Kier alpha value is -1.22. The van der Waals surface area contributed by atoms with Gasteiger partial charge in [-0.3, -0.25) is 19.3 Å². The average Bonchev–Trinajstić information content (AvgIpc) is 3.27. The van der Waals surface area contributed by atoms with E-state index in [4.69, 9.17) is 5.73 Å². The first-order valence-electron chi connectivity index (χ1n) is 21.6. The normalized spacial score (nSPS) is 42.8. The highest BCUT2D eigenvalue weighted by Gasteiger charge is 2.69. The van der Waals surface area contributed by atoms with Crippen LogP contribution in [0.2, 0.25) is 0 Å². The molecule has 11 atom stereocenters. The summed E-state index contributed by atoms with van der Waals surface area (Å²) in [5, 5.41) is 3.13. The minimum Gasteiger partial charge on any atom is -0.616 e. The summed E-state index contributed by atoms with van der Waals surface area (Å²) in [6.45, 7) is 24.8. The van der Waals surface area contributed by atoms with Gasteiger partial charge in [0.25, 0.3) is 0 Å². The summed E-state index contributed by atoms with van der Waals surface area (Å²) in [7, 11) is 0. The highest BCUT2D eigenvalue weighted by molar-refractivity contribution is 7.92. The molecule has 0 bridgehead atoms. The molecule has 5 fully saturated rings. The van der Waals surface area contributed by atoms with Gasteiger partial charge in [0, 0.05) is 39.0 Å². The molecule has 6 rings (SSSR count). The molecule has 0 radical (unpaired) electrons. The Balaban J connectivity index is 1.19. The van der Waals surface area contributed by atoms with E-state index in [0.717, 1.165) is 77.3 Å². The fourth-order valence-electron chi connectivity index (χ4n) is 13.8.